The molecule has 1 saturated carbocycles. The van der Waals surface area contributed by atoms with Crippen molar-refractivity contribution in [1.82, 2.24) is 9.78 Å². The average molecular weight is 440 g/mol. The number of halogens is 1. The van der Waals surface area contributed by atoms with Gasteiger partial charge in [0, 0.05) is 22.9 Å². The lowest BCUT2D eigenvalue weighted by Gasteiger charge is -2.09. The van der Waals surface area contributed by atoms with Crippen LogP contribution in [0.2, 0.25) is 0 Å². The number of fused-ring (bicyclic) bond motifs is 1. The van der Waals surface area contributed by atoms with Gasteiger partial charge in [0.2, 0.25) is 5.09 Å². The smallest absolute Gasteiger partial charge is 0.296 e. The van der Waals surface area contributed by atoms with Gasteiger partial charge in [-0.3, -0.25) is 4.72 Å². The molecule has 0 radical (unpaired) electrons. The van der Waals surface area contributed by atoms with E-state index in [0.717, 1.165) is 37.1 Å². The Bertz CT molecular complexity index is 1350. The molecule has 0 unspecified atom stereocenters. The lowest BCUT2D eigenvalue weighted by atomic mass is 10.1. The molecule has 31 heavy (non-hydrogen) atoms. The van der Waals surface area contributed by atoms with Gasteiger partial charge in [-0.05, 0) is 50.1 Å². The third kappa shape index (κ3) is 3.61. The summed E-state index contributed by atoms with van der Waals surface area (Å²) in [6.07, 6.45) is 4.40. The molecule has 2 aromatic carbocycles. The summed E-state index contributed by atoms with van der Waals surface area (Å²) in [6.45, 7) is 1.61. The van der Waals surface area contributed by atoms with E-state index in [0.29, 0.717) is 28.3 Å². The molecule has 0 amide bonds. The van der Waals surface area contributed by atoms with E-state index in [1.807, 2.05) is 30.3 Å². The van der Waals surface area contributed by atoms with Gasteiger partial charge < -0.3 is 4.42 Å². The maximum atomic E-state index is 13.6. The molecule has 0 spiro atoms. The number of nitrogens with zero attached hydrogens (tertiary/aromatic N) is 2. The monoisotopic (exact) mass is 439 g/mol. The van der Waals surface area contributed by atoms with Crippen LogP contribution in [0.5, 0.6) is 0 Å². The maximum Gasteiger partial charge on any atom is 0.296 e. The Morgan fingerprint density at radius 2 is 1.84 bits per heavy atom. The van der Waals surface area contributed by atoms with E-state index in [1.54, 1.807) is 17.7 Å². The van der Waals surface area contributed by atoms with Crippen molar-refractivity contribution in [2.24, 2.45) is 0 Å². The Labute approximate surface area is 179 Å². The highest BCUT2D eigenvalue weighted by Gasteiger charge is 2.28. The summed E-state index contributed by atoms with van der Waals surface area (Å²) in [4.78, 5) is 0. The van der Waals surface area contributed by atoms with Gasteiger partial charge >= 0.3 is 0 Å². The Balaban J connectivity index is 1.58. The van der Waals surface area contributed by atoms with Crippen molar-refractivity contribution in [2.75, 3.05) is 4.72 Å². The van der Waals surface area contributed by atoms with Crippen LogP contribution in [0.1, 0.15) is 42.9 Å². The molecule has 160 valence electrons. The van der Waals surface area contributed by atoms with Crippen LogP contribution in [0.3, 0.4) is 0 Å². The lowest BCUT2D eigenvalue weighted by molar-refractivity contribution is 0.479. The molecular formula is C23H22FN3O3S. The van der Waals surface area contributed by atoms with Crippen molar-refractivity contribution in [3.8, 4) is 5.69 Å². The zero-order valence-corrected chi connectivity index (χ0v) is 17.8. The van der Waals surface area contributed by atoms with Crippen LogP contribution in [0.4, 0.5) is 10.2 Å². The number of rotatable bonds is 5. The molecule has 6 nitrogen and oxygen atoms in total. The molecule has 0 bridgehead atoms. The molecule has 4 aromatic rings. The van der Waals surface area contributed by atoms with Crippen LogP contribution in [0.25, 0.3) is 16.7 Å². The first-order valence-corrected chi connectivity index (χ1v) is 11.8. The van der Waals surface area contributed by atoms with Gasteiger partial charge in [-0.2, -0.15) is 13.5 Å². The fourth-order valence-electron chi connectivity index (χ4n) is 4.27. The molecular weight excluding hydrogens is 417 g/mol. The van der Waals surface area contributed by atoms with E-state index in [4.69, 9.17) is 9.52 Å². The first-order valence-electron chi connectivity index (χ1n) is 10.3. The summed E-state index contributed by atoms with van der Waals surface area (Å²) >= 11 is 0. The number of aryl methyl sites for hydroxylation is 1. The summed E-state index contributed by atoms with van der Waals surface area (Å²) in [5, 5.41) is 4.93. The van der Waals surface area contributed by atoms with E-state index in [9.17, 15) is 12.8 Å². The third-order valence-electron chi connectivity index (χ3n) is 5.84. The number of para-hydroxylation sites is 1. The second-order valence-electron chi connectivity index (χ2n) is 7.94. The van der Waals surface area contributed by atoms with Crippen molar-refractivity contribution >= 4 is 26.8 Å². The second kappa shape index (κ2) is 7.53. The van der Waals surface area contributed by atoms with Gasteiger partial charge in [-0.25, -0.2) is 9.07 Å². The Morgan fingerprint density at radius 3 is 2.58 bits per heavy atom. The molecule has 5 rings (SSSR count). The fraction of sp³-hybridized carbons (Fsp3) is 0.261. The predicted octanol–water partition coefficient (Wildman–Crippen LogP) is 5.52. The zero-order chi connectivity index (χ0) is 21.6. The SMILES string of the molecule is Cc1c(S(=O)(=O)Nc2cc(C3CCCC3)nn2-c2ccccc2)oc2ccc(F)cc12. The minimum atomic E-state index is -4.06. The van der Waals surface area contributed by atoms with Gasteiger partial charge in [-0.15, -0.1) is 0 Å². The van der Waals surface area contributed by atoms with E-state index in [2.05, 4.69) is 4.72 Å². The number of hydrogen-bond donors (Lipinski definition) is 1. The van der Waals surface area contributed by atoms with E-state index in [-0.39, 0.29) is 5.09 Å². The molecule has 0 saturated heterocycles. The maximum absolute atomic E-state index is 13.6. The fourth-order valence-corrected chi connectivity index (χ4v) is 5.50. The Hall–Kier alpha value is -3.13. The highest BCUT2D eigenvalue weighted by Crippen LogP contribution is 2.36. The van der Waals surface area contributed by atoms with Gasteiger partial charge in [-0.1, -0.05) is 31.0 Å². The van der Waals surface area contributed by atoms with E-state index < -0.39 is 15.8 Å². The van der Waals surface area contributed by atoms with Gasteiger partial charge in [0.15, 0.2) is 0 Å². The summed E-state index contributed by atoms with van der Waals surface area (Å²) in [5.74, 6) is 0.222. The highest BCUT2D eigenvalue weighted by molar-refractivity contribution is 7.92. The number of aromatic nitrogens is 2. The van der Waals surface area contributed by atoms with E-state index in [1.165, 1.54) is 18.2 Å². The number of furan rings is 1. The van der Waals surface area contributed by atoms with Gasteiger partial charge in [0.05, 0.1) is 11.4 Å². The van der Waals surface area contributed by atoms with Gasteiger partial charge in [0.1, 0.15) is 17.2 Å². The molecule has 2 aromatic heterocycles. The minimum absolute atomic E-state index is 0.226. The Morgan fingerprint density at radius 1 is 1.10 bits per heavy atom. The van der Waals surface area contributed by atoms with Crippen molar-refractivity contribution < 1.29 is 17.2 Å². The van der Waals surface area contributed by atoms with Crippen molar-refractivity contribution in [1.29, 1.82) is 0 Å². The topological polar surface area (TPSA) is 77.1 Å². The quantitative estimate of drug-likeness (QED) is 0.444. The van der Waals surface area contributed by atoms with Crippen molar-refractivity contribution in [2.45, 2.75) is 43.6 Å². The van der Waals surface area contributed by atoms with Crippen LogP contribution in [0, 0.1) is 12.7 Å². The molecule has 0 aliphatic heterocycles. The number of hydrogen-bond acceptors (Lipinski definition) is 4. The second-order valence-corrected chi connectivity index (χ2v) is 9.53. The van der Waals surface area contributed by atoms with Crippen LogP contribution >= 0.6 is 0 Å². The van der Waals surface area contributed by atoms with Gasteiger partial charge in [0.25, 0.3) is 10.0 Å². The molecule has 0 atom stereocenters. The number of nitrogens with one attached hydrogen (secondary N) is 1. The molecule has 1 aliphatic rings. The molecule has 1 aliphatic carbocycles. The Kier molecular flexibility index (Phi) is 4.81. The summed E-state index contributed by atoms with van der Waals surface area (Å²) in [5.41, 5.74) is 2.32. The molecule has 8 heteroatoms. The largest absolute Gasteiger partial charge is 0.442 e. The molecule has 1 N–H and O–H groups in total. The average Bonchev–Trinajstić information content (AvgIpc) is 3.48. The summed E-state index contributed by atoms with van der Waals surface area (Å²) < 4.78 is 50.0. The standard InChI is InChI=1S/C23H22FN3O3S/c1-15-19-13-17(24)11-12-21(19)30-23(15)31(28,29)26-22-14-20(16-7-5-6-8-16)25-27(22)18-9-3-2-4-10-18/h2-4,9-14,16,26H,5-8H2,1H3. The third-order valence-corrected chi connectivity index (χ3v) is 7.20. The zero-order valence-electron chi connectivity index (χ0n) is 17.0. The van der Waals surface area contributed by atoms with Crippen LogP contribution in [0.15, 0.2) is 64.1 Å². The normalized spacial score (nSPS) is 15.0. The minimum Gasteiger partial charge on any atom is -0.442 e. The predicted molar refractivity (Wildman–Crippen MR) is 116 cm³/mol. The molecule has 1 fully saturated rings. The number of anilines is 1. The molecule has 2 heterocycles. The number of sulfonamides is 1. The van der Waals surface area contributed by atoms with Crippen LogP contribution in [-0.2, 0) is 10.0 Å². The summed E-state index contributed by atoms with van der Waals surface area (Å²) in [7, 11) is -4.06. The first-order chi connectivity index (χ1) is 14.9. The highest BCUT2D eigenvalue weighted by atomic mass is 32.2. The van der Waals surface area contributed by atoms with Crippen LogP contribution in [-0.4, -0.2) is 18.2 Å². The first kappa shape index (κ1) is 19.8. The van der Waals surface area contributed by atoms with Crippen molar-refractivity contribution in [3.05, 3.63) is 71.7 Å². The van der Waals surface area contributed by atoms with E-state index >= 15 is 0 Å². The van der Waals surface area contributed by atoms with Crippen LogP contribution < -0.4 is 4.72 Å². The van der Waals surface area contributed by atoms with Crippen molar-refractivity contribution in [3.63, 3.8) is 0 Å². The number of benzene rings is 2. The lowest BCUT2D eigenvalue weighted by Crippen LogP contribution is -2.16. The summed E-state index contributed by atoms with van der Waals surface area (Å²) in [6, 6.07) is 15.2.